The van der Waals surface area contributed by atoms with Crippen LogP contribution in [0.3, 0.4) is 0 Å². The van der Waals surface area contributed by atoms with E-state index in [9.17, 15) is 14.9 Å². The van der Waals surface area contributed by atoms with Gasteiger partial charge >= 0.3 is 0 Å². The summed E-state index contributed by atoms with van der Waals surface area (Å²) >= 11 is 6.78. The maximum atomic E-state index is 13.3. The van der Waals surface area contributed by atoms with E-state index >= 15 is 0 Å². The summed E-state index contributed by atoms with van der Waals surface area (Å²) in [6.07, 6.45) is 5.52. The Balaban J connectivity index is 2.09. The number of rotatable bonds is 9. The average molecular weight is 503 g/mol. The molecule has 1 aromatic heterocycles. The molecule has 1 atom stereocenters. The number of hydrogen-bond acceptors (Lipinski definition) is 7. The first-order chi connectivity index (χ1) is 16.3. The summed E-state index contributed by atoms with van der Waals surface area (Å²) in [5.41, 5.74) is 1.28. The number of carbonyl (C=O) groups is 1. The predicted molar refractivity (Wildman–Crippen MR) is 142 cm³/mol. The Labute approximate surface area is 211 Å². The fourth-order valence-corrected chi connectivity index (χ4v) is 5.88. The lowest BCUT2D eigenvalue weighted by molar-refractivity contribution is -0.122. The molecule has 0 aromatic carbocycles. The predicted octanol–water partition coefficient (Wildman–Crippen LogP) is 4.30. The molecule has 2 aliphatic rings. The number of anilines is 1. The van der Waals surface area contributed by atoms with E-state index in [4.69, 9.17) is 17.0 Å². The average Bonchev–Trinajstić information content (AvgIpc) is 3.07. The van der Waals surface area contributed by atoms with Crippen molar-refractivity contribution in [3.63, 3.8) is 0 Å². The second kappa shape index (κ2) is 12.0. The van der Waals surface area contributed by atoms with Gasteiger partial charge < -0.3 is 9.64 Å². The summed E-state index contributed by atoms with van der Waals surface area (Å²) in [5, 5.41) is 9.79. The van der Waals surface area contributed by atoms with Crippen LogP contribution in [-0.2, 0) is 16.1 Å². The number of piperidine rings is 1. The van der Waals surface area contributed by atoms with Gasteiger partial charge in [-0.05, 0) is 57.1 Å². The molecule has 0 spiro atoms. The molecule has 3 rings (SSSR count). The zero-order valence-corrected chi connectivity index (χ0v) is 22.2. The van der Waals surface area contributed by atoms with Gasteiger partial charge in [-0.2, -0.15) is 5.26 Å². The Morgan fingerprint density at radius 2 is 2.06 bits per heavy atom. The molecule has 0 saturated carbocycles. The van der Waals surface area contributed by atoms with Gasteiger partial charge in [-0.25, -0.2) is 0 Å². The molecule has 3 heterocycles. The Morgan fingerprint density at radius 3 is 2.71 bits per heavy atom. The van der Waals surface area contributed by atoms with Gasteiger partial charge in [0.2, 0.25) is 0 Å². The lowest BCUT2D eigenvalue weighted by Gasteiger charge is -2.36. The molecule has 1 amide bonds. The van der Waals surface area contributed by atoms with Crippen LogP contribution in [0.15, 0.2) is 9.70 Å². The Morgan fingerprint density at radius 1 is 1.29 bits per heavy atom. The number of amides is 1. The summed E-state index contributed by atoms with van der Waals surface area (Å²) in [4.78, 5) is 30.9. The summed E-state index contributed by atoms with van der Waals surface area (Å²) in [6, 6.07) is 2.11. The van der Waals surface area contributed by atoms with Crippen molar-refractivity contribution in [3.05, 3.63) is 31.9 Å². The minimum atomic E-state index is -0.254. The highest BCUT2D eigenvalue weighted by Crippen LogP contribution is 2.36. The third kappa shape index (κ3) is 5.56. The zero-order valence-electron chi connectivity index (χ0n) is 20.6. The van der Waals surface area contributed by atoms with Crippen molar-refractivity contribution in [1.82, 2.24) is 9.47 Å². The molecule has 2 fully saturated rings. The summed E-state index contributed by atoms with van der Waals surface area (Å²) in [6.45, 7) is 11.9. The Bertz CT molecular complexity index is 1070. The molecule has 2 aliphatic heterocycles. The number of thioether (sulfide) groups is 1. The zero-order chi connectivity index (χ0) is 24.8. The molecule has 7 nitrogen and oxygen atoms in total. The normalized spacial score (nSPS) is 19.9. The molecule has 34 heavy (non-hydrogen) atoms. The molecule has 1 aromatic rings. The van der Waals surface area contributed by atoms with E-state index in [1.54, 1.807) is 9.47 Å². The largest absolute Gasteiger partial charge is 0.382 e. The number of hydrogen-bond donors (Lipinski definition) is 0. The maximum absolute atomic E-state index is 13.3. The Kier molecular flexibility index (Phi) is 9.34. The SMILES string of the molecule is CCCn1c(N2CCCC(C)C2)c(/C=C2\SC(=S)N(CCCOCC)C2=O)c(C)c(C#N)c1=O. The van der Waals surface area contributed by atoms with Crippen LogP contribution in [0.1, 0.15) is 63.1 Å². The van der Waals surface area contributed by atoms with Crippen LogP contribution in [0, 0.1) is 24.2 Å². The second-order valence-electron chi connectivity index (χ2n) is 8.88. The van der Waals surface area contributed by atoms with Gasteiger partial charge in [-0.3, -0.25) is 19.1 Å². The fraction of sp³-hybridized carbons (Fsp3) is 0.600. The van der Waals surface area contributed by atoms with Gasteiger partial charge in [0.25, 0.3) is 11.5 Å². The van der Waals surface area contributed by atoms with Crippen LogP contribution < -0.4 is 10.5 Å². The van der Waals surface area contributed by atoms with Crippen molar-refractivity contribution < 1.29 is 9.53 Å². The third-order valence-electron chi connectivity index (χ3n) is 6.27. The van der Waals surface area contributed by atoms with Crippen LogP contribution in [-0.4, -0.2) is 52.5 Å². The second-order valence-corrected chi connectivity index (χ2v) is 10.6. The van der Waals surface area contributed by atoms with Crippen molar-refractivity contribution in [2.45, 2.75) is 59.9 Å². The van der Waals surface area contributed by atoms with E-state index in [0.29, 0.717) is 53.4 Å². The summed E-state index contributed by atoms with van der Waals surface area (Å²) < 4.78 is 7.66. The molecule has 0 bridgehead atoms. The first kappa shape index (κ1) is 26.5. The third-order valence-corrected chi connectivity index (χ3v) is 7.65. The van der Waals surface area contributed by atoms with Crippen molar-refractivity contribution in [2.24, 2.45) is 5.92 Å². The van der Waals surface area contributed by atoms with Crippen LogP contribution in [0.2, 0.25) is 0 Å². The highest BCUT2D eigenvalue weighted by atomic mass is 32.2. The molecule has 0 radical (unpaired) electrons. The van der Waals surface area contributed by atoms with Gasteiger partial charge in [0.05, 0.1) is 4.91 Å². The first-order valence-electron chi connectivity index (χ1n) is 12.1. The number of nitriles is 1. The molecule has 1 unspecified atom stereocenters. The highest BCUT2D eigenvalue weighted by Gasteiger charge is 2.33. The van der Waals surface area contributed by atoms with E-state index in [-0.39, 0.29) is 17.0 Å². The minimum Gasteiger partial charge on any atom is -0.382 e. The van der Waals surface area contributed by atoms with Gasteiger partial charge in [0, 0.05) is 45.0 Å². The lowest BCUT2D eigenvalue weighted by Crippen LogP contribution is -2.40. The van der Waals surface area contributed by atoms with Gasteiger partial charge in [0.1, 0.15) is 21.8 Å². The molecule has 0 N–H and O–H groups in total. The standard InChI is InChI=1S/C25H34N4O3S2/c1-5-10-28-22(27-11-7-9-17(3)16-27)19(18(4)20(15-26)23(28)30)14-21-24(31)29(25(33)34-21)12-8-13-32-6-2/h14,17H,5-13,16H2,1-4H3/b21-14-. The maximum Gasteiger partial charge on any atom is 0.270 e. The number of pyridine rings is 1. The highest BCUT2D eigenvalue weighted by molar-refractivity contribution is 8.26. The van der Waals surface area contributed by atoms with Crippen LogP contribution in [0.5, 0.6) is 0 Å². The van der Waals surface area contributed by atoms with Crippen LogP contribution in [0.25, 0.3) is 6.08 Å². The van der Waals surface area contributed by atoms with E-state index in [2.05, 4.69) is 17.9 Å². The first-order valence-corrected chi connectivity index (χ1v) is 13.3. The lowest BCUT2D eigenvalue weighted by atomic mass is 9.98. The number of thiocarbonyl (C=S) groups is 1. The number of ether oxygens (including phenoxy) is 1. The smallest absolute Gasteiger partial charge is 0.270 e. The van der Waals surface area contributed by atoms with Crippen LogP contribution >= 0.6 is 24.0 Å². The van der Waals surface area contributed by atoms with Gasteiger partial charge in [-0.15, -0.1) is 0 Å². The molecule has 2 saturated heterocycles. The number of aromatic nitrogens is 1. The number of nitrogens with zero attached hydrogens (tertiary/aromatic N) is 4. The number of carbonyl (C=O) groups excluding carboxylic acids is 1. The Hall–Kier alpha value is -2.15. The quantitative estimate of drug-likeness (QED) is 0.283. The fourth-order valence-electron chi connectivity index (χ4n) is 4.59. The van der Waals surface area contributed by atoms with E-state index in [0.717, 1.165) is 43.7 Å². The minimum absolute atomic E-state index is 0.129. The van der Waals surface area contributed by atoms with E-state index < -0.39 is 0 Å². The van der Waals surface area contributed by atoms with Crippen molar-refractivity contribution in [3.8, 4) is 6.07 Å². The van der Waals surface area contributed by atoms with Crippen molar-refractivity contribution >= 4 is 46.1 Å². The molecular formula is C25H34N4O3S2. The monoisotopic (exact) mass is 502 g/mol. The summed E-state index contributed by atoms with van der Waals surface area (Å²) in [7, 11) is 0. The van der Waals surface area contributed by atoms with Gasteiger partial charge in [0.15, 0.2) is 0 Å². The molecule has 0 aliphatic carbocycles. The van der Waals surface area contributed by atoms with E-state index in [1.165, 1.54) is 11.8 Å². The topological polar surface area (TPSA) is 78.6 Å². The molecule has 9 heteroatoms. The van der Waals surface area contributed by atoms with Crippen LogP contribution in [0.4, 0.5) is 5.82 Å². The van der Waals surface area contributed by atoms with E-state index in [1.807, 2.05) is 26.8 Å². The molecule has 184 valence electrons. The van der Waals surface area contributed by atoms with Gasteiger partial charge in [-0.1, -0.05) is 37.8 Å². The van der Waals surface area contributed by atoms with Crippen molar-refractivity contribution in [1.29, 1.82) is 5.26 Å². The molecular weight excluding hydrogens is 468 g/mol. The van der Waals surface area contributed by atoms with Crippen molar-refractivity contribution in [2.75, 3.05) is 37.7 Å². The summed E-state index contributed by atoms with van der Waals surface area (Å²) in [5.74, 6) is 1.19.